The summed E-state index contributed by atoms with van der Waals surface area (Å²) in [5.74, 6) is 0. The van der Waals surface area contributed by atoms with Gasteiger partial charge in [-0.1, -0.05) is 133 Å². The van der Waals surface area contributed by atoms with Crippen LogP contribution in [0.5, 0.6) is 0 Å². The van der Waals surface area contributed by atoms with Crippen LogP contribution < -0.4 is 5.56 Å². The third kappa shape index (κ3) is 4.70. The molecule has 10 aromatic carbocycles. The number of benzene rings is 10. The Bertz CT molecular complexity index is 4590. The molecule has 0 N–H and O–H groups in total. The lowest BCUT2D eigenvalue weighted by Gasteiger charge is -2.13. The van der Waals surface area contributed by atoms with Crippen LogP contribution in [0.15, 0.2) is 222 Å². The summed E-state index contributed by atoms with van der Waals surface area (Å²) in [6, 6.07) is 75.5. The Morgan fingerprint density at radius 1 is 0.318 bits per heavy atom. The van der Waals surface area contributed by atoms with E-state index in [1.54, 1.807) is 0 Å². The van der Waals surface area contributed by atoms with Crippen LogP contribution in [0.1, 0.15) is 0 Å². The van der Waals surface area contributed by atoms with Gasteiger partial charge in [-0.15, -0.1) is 0 Å². The molecule has 0 atom stereocenters. The number of para-hydroxylation sites is 4. The molecule has 5 aromatic heterocycles. The summed E-state index contributed by atoms with van der Waals surface area (Å²) in [5, 5.41) is 11.7. The number of hydrogen-bond acceptors (Lipinski definition) is 2. The number of aromatic nitrogens is 3. The van der Waals surface area contributed by atoms with Gasteiger partial charge in [0.15, 0.2) is 0 Å². The van der Waals surface area contributed by atoms with Gasteiger partial charge in [0.1, 0.15) is 11.2 Å². The highest BCUT2D eigenvalue weighted by molar-refractivity contribution is 6.25. The van der Waals surface area contributed by atoms with Crippen molar-refractivity contribution in [2.45, 2.75) is 0 Å². The summed E-state index contributed by atoms with van der Waals surface area (Å²) in [5.41, 5.74) is 14.6. The molecule has 0 aliphatic rings. The zero-order valence-corrected chi connectivity index (χ0v) is 35.4. The molecule has 0 spiro atoms. The molecular formula is C61H35N3O2. The van der Waals surface area contributed by atoms with E-state index < -0.39 is 0 Å². The monoisotopic (exact) mass is 841 g/mol. The summed E-state index contributed by atoms with van der Waals surface area (Å²) >= 11 is 0. The maximum Gasteiger partial charge on any atom is 0.263 e. The molecule has 0 fully saturated rings. The van der Waals surface area contributed by atoms with E-state index in [2.05, 4.69) is 197 Å². The Hall–Kier alpha value is -8.93. The molecule has 0 aliphatic heterocycles. The standard InChI is InChI=1S/C61H35N3O2/c65-61-47-23-8-7-19-41(47)50-33-38(34-51-44-22-11-14-26-55(44)64(61)57(50)51)48-31-37(36-15-3-1-4-16-36)32-52-49-35-40(27-30-56(49)66-60(48)52)63-54-25-13-10-21-43(54)46-29-28-45-42-20-9-12-24-53(42)62(58(45)59(46)63)39-17-5-2-6-18-39/h1-35H. The van der Waals surface area contributed by atoms with Gasteiger partial charge in [0.25, 0.3) is 5.56 Å². The first-order chi connectivity index (χ1) is 32.7. The number of pyridine rings is 1. The van der Waals surface area contributed by atoms with Gasteiger partial charge in [-0.25, -0.2) is 0 Å². The molecule has 0 saturated carbocycles. The molecule has 0 aliphatic carbocycles. The van der Waals surface area contributed by atoms with Gasteiger partial charge in [-0.2, -0.15) is 0 Å². The predicted molar refractivity (Wildman–Crippen MR) is 274 cm³/mol. The molecule has 15 aromatic rings. The summed E-state index contributed by atoms with van der Waals surface area (Å²) in [7, 11) is 0. The van der Waals surface area contributed by atoms with E-state index >= 15 is 0 Å². The maximum absolute atomic E-state index is 14.2. The zero-order chi connectivity index (χ0) is 43.2. The Morgan fingerprint density at radius 2 is 0.848 bits per heavy atom. The second-order valence-electron chi connectivity index (χ2n) is 17.6. The minimum absolute atomic E-state index is 0.00381. The first-order valence-corrected chi connectivity index (χ1v) is 22.5. The molecule has 5 heterocycles. The van der Waals surface area contributed by atoms with Crippen LogP contribution in [-0.2, 0) is 0 Å². The quantitative estimate of drug-likeness (QED) is 0.166. The Morgan fingerprint density at radius 3 is 1.53 bits per heavy atom. The minimum atomic E-state index is 0.00381. The Balaban J connectivity index is 1.05. The molecule has 0 unspecified atom stereocenters. The van der Waals surface area contributed by atoms with Crippen LogP contribution in [0.3, 0.4) is 0 Å². The van der Waals surface area contributed by atoms with Gasteiger partial charge in [0.2, 0.25) is 0 Å². The summed E-state index contributed by atoms with van der Waals surface area (Å²) < 4.78 is 13.9. The van der Waals surface area contributed by atoms with Crippen molar-refractivity contribution in [3.63, 3.8) is 0 Å². The molecular weight excluding hydrogens is 807 g/mol. The molecule has 0 amide bonds. The van der Waals surface area contributed by atoms with Gasteiger partial charge in [-0.05, 0) is 101 Å². The Kier molecular flexibility index (Phi) is 7.03. The molecule has 5 nitrogen and oxygen atoms in total. The minimum Gasteiger partial charge on any atom is -0.455 e. The van der Waals surface area contributed by atoms with Crippen LogP contribution in [0.2, 0.25) is 0 Å². The number of rotatable bonds is 4. The van der Waals surface area contributed by atoms with E-state index in [9.17, 15) is 4.79 Å². The fourth-order valence-corrected chi connectivity index (χ4v) is 11.3. The van der Waals surface area contributed by atoms with Gasteiger partial charge >= 0.3 is 0 Å². The summed E-state index contributed by atoms with van der Waals surface area (Å²) in [4.78, 5) is 14.2. The summed E-state index contributed by atoms with van der Waals surface area (Å²) in [6.07, 6.45) is 0. The largest absolute Gasteiger partial charge is 0.455 e. The van der Waals surface area contributed by atoms with Crippen molar-refractivity contribution < 1.29 is 4.42 Å². The van der Waals surface area contributed by atoms with E-state index in [1.807, 2.05) is 28.7 Å². The third-order valence-corrected chi connectivity index (χ3v) is 14.1. The molecule has 5 heteroatoms. The molecule has 0 radical (unpaired) electrons. The van der Waals surface area contributed by atoms with E-state index in [-0.39, 0.29) is 5.56 Å². The first kappa shape index (κ1) is 35.5. The highest BCUT2D eigenvalue weighted by Crippen LogP contribution is 2.46. The van der Waals surface area contributed by atoms with E-state index in [0.29, 0.717) is 5.39 Å². The average Bonchev–Trinajstić information content (AvgIpc) is 4.12. The van der Waals surface area contributed by atoms with Crippen LogP contribution in [0.25, 0.3) is 137 Å². The second kappa shape index (κ2) is 13.1. The van der Waals surface area contributed by atoms with Gasteiger partial charge in [0, 0.05) is 70.8 Å². The van der Waals surface area contributed by atoms with E-state index in [1.165, 1.54) is 32.6 Å². The molecule has 15 rings (SSSR count). The number of furan rings is 1. The smallest absolute Gasteiger partial charge is 0.263 e. The van der Waals surface area contributed by atoms with Crippen molar-refractivity contribution in [1.82, 2.24) is 13.5 Å². The number of fused-ring (bicyclic) bond motifs is 15. The highest BCUT2D eigenvalue weighted by Gasteiger charge is 2.24. The molecule has 306 valence electrons. The van der Waals surface area contributed by atoms with Crippen molar-refractivity contribution in [1.29, 1.82) is 0 Å². The van der Waals surface area contributed by atoms with Gasteiger partial charge < -0.3 is 13.6 Å². The van der Waals surface area contributed by atoms with Crippen LogP contribution in [0.4, 0.5) is 0 Å². The number of hydrogen-bond donors (Lipinski definition) is 0. The normalized spacial score (nSPS) is 12.3. The predicted octanol–water partition coefficient (Wildman–Crippen LogP) is 15.6. The lowest BCUT2D eigenvalue weighted by Crippen LogP contribution is -2.12. The maximum atomic E-state index is 14.2. The lowest BCUT2D eigenvalue weighted by molar-refractivity contribution is 0.670. The SMILES string of the molecule is O=c1c2ccccc2c2cc(-c3cc(-c4ccccc4)cc4c3oc3ccc(-n5c6ccccc6c6ccc7c8ccccc8n(-c8ccccc8)c7c65)cc34)cc3c4ccccc4n1c23. The highest BCUT2D eigenvalue weighted by atomic mass is 16.3. The van der Waals surface area contributed by atoms with Gasteiger partial charge in [-0.3, -0.25) is 9.20 Å². The van der Waals surface area contributed by atoms with Crippen molar-refractivity contribution in [3.05, 3.63) is 223 Å². The topological polar surface area (TPSA) is 44.5 Å². The average molecular weight is 842 g/mol. The van der Waals surface area contributed by atoms with Crippen molar-refractivity contribution in [2.24, 2.45) is 0 Å². The van der Waals surface area contributed by atoms with E-state index in [4.69, 9.17) is 4.42 Å². The van der Waals surface area contributed by atoms with Crippen LogP contribution in [0, 0.1) is 0 Å². The van der Waals surface area contributed by atoms with Crippen LogP contribution >= 0.6 is 0 Å². The van der Waals surface area contributed by atoms with Crippen LogP contribution in [-0.4, -0.2) is 13.5 Å². The first-order valence-electron chi connectivity index (χ1n) is 22.5. The molecule has 0 saturated heterocycles. The lowest BCUT2D eigenvalue weighted by atomic mass is 9.93. The number of nitrogens with zero attached hydrogens (tertiary/aromatic N) is 3. The van der Waals surface area contributed by atoms with Gasteiger partial charge in [0.05, 0.1) is 33.1 Å². The van der Waals surface area contributed by atoms with Crippen molar-refractivity contribution in [3.8, 4) is 33.6 Å². The molecule has 66 heavy (non-hydrogen) atoms. The zero-order valence-electron chi connectivity index (χ0n) is 35.4. The molecule has 0 bridgehead atoms. The second-order valence-corrected chi connectivity index (χ2v) is 17.6. The fraction of sp³-hybridized carbons (Fsp3) is 0. The summed E-state index contributed by atoms with van der Waals surface area (Å²) in [6.45, 7) is 0. The van der Waals surface area contributed by atoms with Crippen molar-refractivity contribution in [2.75, 3.05) is 0 Å². The van der Waals surface area contributed by atoms with Crippen molar-refractivity contribution >= 4 is 104 Å². The van der Waals surface area contributed by atoms with E-state index in [0.717, 1.165) is 99.2 Å². The third-order valence-electron chi connectivity index (χ3n) is 14.1. The fourth-order valence-electron chi connectivity index (χ4n) is 11.3. The Labute approximate surface area is 376 Å².